The van der Waals surface area contributed by atoms with Crippen LogP contribution in [0.15, 0.2) is 49.6 Å². The lowest BCUT2D eigenvalue weighted by Gasteiger charge is -2.41. The lowest BCUT2D eigenvalue weighted by molar-refractivity contribution is -0.231. The van der Waals surface area contributed by atoms with Gasteiger partial charge in [0.1, 0.15) is 11.5 Å². The predicted molar refractivity (Wildman–Crippen MR) is 115 cm³/mol. The van der Waals surface area contributed by atoms with Crippen LogP contribution in [0, 0.1) is 0 Å². The molecule has 2 unspecified atom stereocenters. The molecule has 0 radical (unpaired) electrons. The minimum Gasteiger partial charge on any atom is -0.463 e. The van der Waals surface area contributed by atoms with Gasteiger partial charge in [0.15, 0.2) is 18.0 Å². The van der Waals surface area contributed by atoms with E-state index in [0.717, 1.165) is 11.1 Å². The maximum atomic E-state index is 13.8. The molecule has 0 bridgehead atoms. The molecule has 5 nitrogen and oxygen atoms in total. The van der Waals surface area contributed by atoms with E-state index in [1.54, 1.807) is 39.8 Å². The zero-order valence-corrected chi connectivity index (χ0v) is 17.7. The molecule has 30 heavy (non-hydrogen) atoms. The zero-order valence-electron chi connectivity index (χ0n) is 17.7. The van der Waals surface area contributed by atoms with Gasteiger partial charge in [-0.1, -0.05) is 37.4 Å². The molecule has 0 aliphatic carbocycles. The number of hydrogen-bond donors (Lipinski definition) is 0. The highest BCUT2D eigenvalue weighted by Crippen LogP contribution is 2.46. The van der Waals surface area contributed by atoms with Crippen molar-refractivity contribution in [1.29, 1.82) is 0 Å². The van der Waals surface area contributed by atoms with E-state index in [4.69, 9.17) is 18.9 Å². The molecule has 0 saturated carbocycles. The first-order valence-corrected chi connectivity index (χ1v) is 9.92. The third-order valence-corrected chi connectivity index (χ3v) is 5.14. The van der Waals surface area contributed by atoms with Crippen molar-refractivity contribution in [2.24, 2.45) is 0 Å². The second-order valence-electron chi connectivity index (χ2n) is 8.40. The second kappa shape index (κ2) is 7.11. The van der Waals surface area contributed by atoms with Crippen LogP contribution in [-0.4, -0.2) is 17.4 Å². The molecular formula is C25H26O5. The topological polar surface area (TPSA) is 54.0 Å². The van der Waals surface area contributed by atoms with Gasteiger partial charge in [0.2, 0.25) is 11.6 Å². The molecule has 2 aliphatic rings. The Kier molecular flexibility index (Phi) is 4.83. The molecule has 156 valence electrons. The summed E-state index contributed by atoms with van der Waals surface area (Å²) >= 11 is 0. The Morgan fingerprint density at radius 2 is 1.20 bits per heavy atom. The Morgan fingerprint density at radius 3 is 1.57 bits per heavy atom. The number of benzene rings is 2. The highest BCUT2D eigenvalue weighted by atomic mass is 16.7. The largest absolute Gasteiger partial charge is 0.463 e. The van der Waals surface area contributed by atoms with Crippen molar-refractivity contribution in [2.45, 2.75) is 51.5 Å². The third kappa shape index (κ3) is 3.66. The number of Topliss-reactive ketones (excluding diaryl/α,β-unsaturated/α-hetero) is 1. The standard InChI is InChI=1S/C25H26O5/c1-7-15-9-11-19-17(13-15)22(29-24(3,4)27-19)21(26)23-18-14-16(8-2)10-12-20(18)28-25(5,6)30-23/h7-14,22-23H,1-2H2,3-6H3. The summed E-state index contributed by atoms with van der Waals surface area (Å²) in [6.45, 7) is 14.8. The Bertz CT molecular complexity index is 952. The fourth-order valence-electron chi connectivity index (χ4n) is 3.82. The van der Waals surface area contributed by atoms with E-state index >= 15 is 0 Å². The first kappa shape index (κ1) is 20.4. The molecule has 2 heterocycles. The SMILES string of the molecule is C=Cc1ccc2c(c1)C(C(=O)C1OC(C)(C)Oc3ccc(C=C)cc31)OC(C)(C)O2. The van der Waals surface area contributed by atoms with E-state index in [1.807, 2.05) is 36.4 Å². The van der Waals surface area contributed by atoms with Gasteiger partial charge < -0.3 is 18.9 Å². The Morgan fingerprint density at radius 1 is 0.800 bits per heavy atom. The Labute approximate surface area is 176 Å². The van der Waals surface area contributed by atoms with Gasteiger partial charge >= 0.3 is 0 Å². The number of carbonyl (C=O) groups is 1. The van der Waals surface area contributed by atoms with Crippen molar-refractivity contribution in [3.05, 3.63) is 71.8 Å². The van der Waals surface area contributed by atoms with Crippen LogP contribution in [0.4, 0.5) is 0 Å². The highest BCUT2D eigenvalue weighted by Gasteiger charge is 2.46. The predicted octanol–water partition coefficient (Wildman–Crippen LogP) is 5.61. The lowest BCUT2D eigenvalue weighted by Crippen LogP contribution is -2.45. The summed E-state index contributed by atoms with van der Waals surface area (Å²) in [7, 11) is 0. The zero-order chi connectivity index (χ0) is 21.7. The summed E-state index contributed by atoms with van der Waals surface area (Å²) < 4.78 is 24.1. The summed E-state index contributed by atoms with van der Waals surface area (Å²) in [4.78, 5) is 13.8. The van der Waals surface area contributed by atoms with Crippen molar-refractivity contribution in [1.82, 2.24) is 0 Å². The van der Waals surface area contributed by atoms with Gasteiger partial charge in [-0.3, -0.25) is 4.79 Å². The number of ether oxygens (including phenoxy) is 4. The van der Waals surface area contributed by atoms with Gasteiger partial charge in [-0.25, -0.2) is 0 Å². The normalized spacial score (nSPS) is 23.2. The van der Waals surface area contributed by atoms with E-state index < -0.39 is 23.8 Å². The van der Waals surface area contributed by atoms with E-state index in [0.29, 0.717) is 22.6 Å². The van der Waals surface area contributed by atoms with Crippen LogP contribution in [0.25, 0.3) is 12.2 Å². The van der Waals surface area contributed by atoms with E-state index in [-0.39, 0.29) is 5.78 Å². The number of rotatable bonds is 4. The van der Waals surface area contributed by atoms with Crippen LogP contribution in [0.2, 0.25) is 0 Å². The van der Waals surface area contributed by atoms with Gasteiger partial charge in [0.05, 0.1) is 0 Å². The first-order valence-electron chi connectivity index (χ1n) is 9.92. The first-order chi connectivity index (χ1) is 14.1. The minimum absolute atomic E-state index is 0.215. The van der Waals surface area contributed by atoms with Crippen LogP contribution >= 0.6 is 0 Å². The highest BCUT2D eigenvalue weighted by molar-refractivity contribution is 5.91. The van der Waals surface area contributed by atoms with E-state index in [9.17, 15) is 4.79 Å². The van der Waals surface area contributed by atoms with Gasteiger partial charge in [0.25, 0.3) is 0 Å². The van der Waals surface area contributed by atoms with E-state index in [2.05, 4.69) is 13.2 Å². The number of carbonyl (C=O) groups excluding carboxylic acids is 1. The summed E-state index contributed by atoms with van der Waals surface area (Å²) in [5.41, 5.74) is 3.07. The van der Waals surface area contributed by atoms with Gasteiger partial charge in [-0.05, 0) is 35.4 Å². The van der Waals surface area contributed by atoms with Gasteiger partial charge in [0, 0.05) is 38.8 Å². The van der Waals surface area contributed by atoms with Crippen LogP contribution < -0.4 is 9.47 Å². The molecule has 0 N–H and O–H groups in total. The van der Waals surface area contributed by atoms with Gasteiger partial charge in [-0.15, -0.1) is 0 Å². The van der Waals surface area contributed by atoms with Crippen molar-refractivity contribution >= 4 is 17.9 Å². The fraction of sp³-hybridized carbons (Fsp3) is 0.320. The maximum Gasteiger partial charge on any atom is 0.206 e. The lowest BCUT2D eigenvalue weighted by atomic mass is 9.92. The van der Waals surface area contributed by atoms with E-state index in [1.165, 1.54) is 0 Å². The van der Waals surface area contributed by atoms with Crippen LogP contribution in [0.5, 0.6) is 11.5 Å². The average molecular weight is 406 g/mol. The molecule has 2 atom stereocenters. The smallest absolute Gasteiger partial charge is 0.206 e. The fourth-order valence-corrected chi connectivity index (χ4v) is 3.82. The molecule has 0 spiro atoms. The molecule has 5 heteroatoms. The maximum absolute atomic E-state index is 13.8. The average Bonchev–Trinajstić information content (AvgIpc) is 2.70. The number of ketones is 1. The minimum atomic E-state index is -0.963. The molecular weight excluding hydrogens is 380 g/mol. The van der Waals surface area contributed by atoms with Crippen molar-refractivity contribution in [3.63, 3.8) is 0 Å². The molecule has 2 aromatic rings. The Hall–Kier alpha value is -2.89. The summed E-state index contributed by atoms with van der Waals surface area (Å²) in [6, 6.07) is 11.2. The molecule has 2 aromatic carbocycles. The molecule has 2 aliphatic heterocycles. The quantitative estimate of drug-likeness (QED) is 0.660. The second-order valence-corrected chi connectivity index (χ2v) is 8.40. The molecule has 4 rings (SSSR count). The summed E-state index contributed by atoms with van der Waals surface area (Å²) in [5, 5.41) is 0. The van der Waals surface area contributed by atoms with Crippen molar-refractivity contribution in [2.75, 3.05) is 0 Å². The number of fused-ring (bicyclic) bond motifs is 2. The van der Waals surface area contributed by atoms with Crippen molar-refractivity contribution < 1.29 is 23.7 Å². The molecule has 0 saturated heterocycles. The van der Waals surface area contributed by atoms with Crippen LogP contribution in [-0.2, 0) is 14.3 Å². The summed E-state index contributed by atoms with van der Waals surface area (Å²) in [5.74, 6) is -0.916. The number of hydrogen-bond acceptors (Lipinski definition) is 5. The monoisotopic (exact) mass is 406 g/mol. The third-order valence-electron chi connectivity index (χ3n) is 5.14. The van der Waals surface area contributed by atoms with Gasteiger partial charge in [-0.2, -0.15) is 0 Å². The van der Waals surface area contributed by atoms with Crippen LogP contribution in [0.3, 0.4) is 0 Å². The molecule has 0 amide bonds. The summed E-state index contributed by atoms with van der Waals surface area (Å²) in [6.07, 6.45) is 1.73. The van der Waals surface area contributed by atoms with Crippen molar-refractivity contribution in [3.8, 4) is 11.5 Å². The Balaban J connectivity index is 1.81. The van der Waals surface area contributed by atoms with Crippen LogP contribution in [0.1, 0.15) is 62.2 Å². The molecule has 0 fully saturated rings. The molecule has 0 aromatic heterocycles.